The summed E-state index contributed by atoms with van der Waals surface area (Å²) in [6.45, 7) is 6.49. The largest absolute Gasteiger partial charge is 0.347 e. The van der Waals surface area contributed by atoms with Crippen molar-refractivity contribution in [2.24, 2.45) is 0 Å². The summed E-state index contributed by atoms with van der Waals surface area (Å²) in [6.07, 6.45) is 2.19. The third-order valence-corrected chi connectivity index (χ3v) is 7.97. The molecular weight excluding hydrogens is 386 g/mol. The molecule has 29 heavy (non-hydrogen) atoms. The van der Waals surface area contributed by atoms with Crippen molar-refractivity contribution in [2.75, 3.05) is 24.6 Å². The zero-order valence-electron chi connectivity index (χ0n) is 17.1. The molecular formula is C22H29N3O3S. The second kappa shape index (κ2) is 7.95. The molecule has 1 N–H and O–H groups in total. The molecule has 2 aromatic rings. The highest BCUT2D eigenvalue weighted by molar-refractivity contribution is 7.91. The lowest BCUT2D eigenvalue weighted by molar-refractivity contribution is 0.0918. The van der Waals surface area contributed by atoms with Gasteiger partial charge in [0.1, 0.15) is 0 Å². The van der Waals surface area contributed by atoms with Gasteiger partial charge in [-0.1, -0.05) is 30.3 Å². The number of sulfone groups is 1. The van der Waals surface area contributed by atoms with E-state index in [2.05, 4.69) is 26.9 Å². The van der Waals surface area contributed by atoms with E-state index in [9.17, 15) is 13.2 Å². The van der Waals surface area contributed by atoms with E-state index in [0.717, 1.165) is 37.3 Å². The van der Waals surface area contributed by atoms with Crippen molar-refractivity contribution in [1.29, 1.82) is 0 Å². The number of aryl methyl sites for hydroxylation is 1. The molecule has 2 fully saturated rings. The van der Waals surface area contributed by atoms with Crippen LogP contribution in [0.4, 0.5) is 0 Å². The number of likely N-dealkylation sites (tertiary alicyclic amines) is 1. The molecule has 2 aliphatic heterocycles. The number of carbonyl (C=O) groups is 1. The predicted octanol–water partition coefficient (Wildman–Crippen LogP) is 2.14. The zero-order chi connectivity index (χ0) is 20.6. The summed E-state index contributed by atoms with van der Waals surface area (Å²) in [6, 6.07) is 11.6. The lowest BCUT2D eigenvalue weighted by atomic mass is 10.1. The van der Waals surface area contributed by atoms with Crippen molar-refractivity contribution in [3.63, 3.8) is 0 Å². The number of hydrogen-bond acceptors (Lipinski definition) is 4. The van der Waals surface area contributed by atoms with Gasteiger partial charge in [-0.15, -0.1) is 0 Å². The van der Waals surface area contributed by atoms with Gasteiger partial charge in [0.05, 0.1) is 23.1 Å². The van der Waals surface area contributed by atoms with E-state index in [1.165, 1.54) is 5.56 Å². The van der Waals surface area contributed by atoms with Crippen LogP contribution in [0.3, 0.4) is 0 Å². The van der Waals surface area contributed by atoms with Gasteiger partial charge in [0, 0.05) is 24.0 Å². The molecule has 2 atom stereocenters. The number of benzene rings is 1. The summed E-state index contributed by atoms with van der Waals surface area (Å²) in [4.78, 5) is 15.3. The summed E-state index contributed by atoms with van der Waals surface area (Å²) < 4.78 is 26.7. The number of aromatic nitrogens is 1. The Balaban J connectivity index is 1.53. The highest BCUT2D eigenvalue weighted by atomic mass is 32.2. The highest BCUT2D eigenvalue weighted by Gasteiger charge is 2.42. The minimum atomic E-state index is -3.13. The number of hydrogen-bond donors (Lipinski definition) is 1. The minimum absolute atomic E-state index is 0.0304. The summed E-state index contributed by atoms with van der Waals surface area (Å²) >= 11 is 0. The second-order valence-electron chi connectivity index (χ2n) is 8.32. The van der Waals surface area contributed by atoms with Crippen LogP contribution in [0.2, 0.25) is 0 Å². The monoisotopic (exact) mass is 415 g/mol. The van der Waals surface area contributed by atoms with Gasteiger partial charge >= 0.3 is 0 Å². The standard InChI is InChI=1S/C22H29N3O3S/c1-16-12-19(17(2)25(16)13-18-8-4-3-5-9-18)22(26)23-20-14-29(27,28)15-21(20)24-10-6-7-11-24/h3-5,8-9,12,20-21H,6-7,10-11,13-15H2,1-2H3,(H,23,26). The Labute approximate surface area is 172 Å². The van der Waals surface area contributed by atoms with Gasteiger partial charge in [-0.2, -0.15) is 0 Å². The predicted molar refractivity (Wildman–Crippen MR) is 114 cm³/mol. The smallest absolute Gasteiger partial charge is 0.253 e. The van der Waals surface area contributed by atoms with E-state index in [1.54, 1.807) is 0 Å². The van der Waals surface area contributed by atoms with Crippen LogP contribution in [0.5, 0.6) is 0 Å². The van der Waals surface area contributed by atoms with Gasteiger partial charge < -0.3 is 9.88 Å². The van der Waals surface area contributed by atoms with Crippen molar-refractivity contribution in [3.05, 3.63) is 58.9 Å². The van der Waals surface area contributed by atoms with E-state index < -0.39 is 9.84 Å². The van der Waals surface area contributed by atoms with Crippen LogP contribution in [0.15, 0.2) is 36.4 Å². The Bertz CT molecular complexity index is 992. The fourth-order valence-electron chi connectivity index (χ4n) is 4.69. The van der Waals surface area contributed by atoms with Crippen LogP contribution in [0.1, 0.15) is 40.2 Å². The number of amides is 1. The normalized spacial score (nSPS) is 24.1. The Hall–Kier alpha value is -2.12. The summed E-state index contributed by atoms with van der Waals surface area (Å²) in [5.41, 5.74) is 3.73. The molecule has 7 heteroatoms. The molecule has 2 aliphatic rings. The average Bonchev–Trinajstić information content (AvgIpc) is 3.37. The molecule has 3 heterocycles. The molecule has 0 spiro atoms. The summed E-state index contributed by atoms with van der Waals surface area (Å²) in [5.74, 6) is -0.00288. The summed E-state index contributed by atoms with van der Waals surface area (Å²) in [7, 11) is -3.13. The third kappa shape index (κ3) is 4.26. The zero-order valence-corrected chi connectivity index (χ0v) is 17.9. The number of nitrogens with one attached hydrogen (secondary N) is 1. The molecule has 1 amide bonds. The van der Waals surface area contributed by atoms with Gasteiger partial charge in [-0.05, 0) is 51.4 Å². The third-order valence-electron chi connectivity index (χ3n) is 6.25. The fourth-order valence-corrected chi connectivity index (χ4v) is 6.64. The topological polar surface area (TPSA) is 71.4 Å². The van der Waals surface area contributed by atoms with Gasteiger partial charge in [0.25, 0.3) is 5.91 Å². The van der Waals surface area contributed by atoms with E-state index in [0.29, 0.717) is 12.1 Å². The molecule has 1 aromatic carbocycles. The maximum absolute atomic E-state index is 13.1. The lowest BCUT2D eigenvalue weighted by Gasteiger charge is -2.28. The molecule has 0 radical (unpaired) electrons. The van der Waals surface area contributed by atoms with E-state index in [-0.39, 0.29) is 29.5 Å². The molecule has 4 rings (SSSR count). The maximum atomic E-state index is 13.1. The highest BCUT2D eigenvalue weighted by Crippen LogP contribution is 2.24. The Kier molecular flexibility index (Phi) is 5.53. The number of rotatable bonds is 5. The van der Waals surface area contributed by atoms with Gasteiger partial charge in [-0.3, -0.25) is 9.69 Å². The van der Waals surface area contributed by atoms with Crippen LogP contribution in [-0.2, 0) is 16.4 Å². The van der Waals surface area contributed by atoms with Crippen molar-refractivity contribution in [3.8, 4) is 0 Å². The first-order chi connectivity index (χ1) is 13.8. The second-order valence-corrected chi connectivity index (χ2v) is 10.5. The Morgan fingerprint density at radius 3 is 2.48 bits per heavy atom. The Morgan fingerprint density at radius 2 is 1.79 bits per heavy atom. The molecule has 0 aliphatic carbocycles. The quantitative estimate of drug-likeness (QED) is 0.812. The Morgan fingerprint density at radius 1 is 1.10 bits per heavy atom. The van der Waals surface area contributed by atoms with Crippen molar-refractivity contribution in [2.45, 2.75) is 45.3 Å². The summed E-state index contributed by atoms with van der Waals surface area (Å²) in [5, 5.41) is 3.05. The fraction of sp³-hybridized carbons (Fsp3) is 0.500. The molecule has 2 unspecified atom stereocenters. The van der Waals surface area contributed by atoms with E-state index in [4.69, 9.17) is 0 Å². The van der Waals surface area contributed by atoms with Crippen LogP contribution in [0.25, 0.3) is 0 Å². The van der Waals surface area contributed by atoms with Crippen LogP contribution in [0, 0.1) is 13.8 Å². The first kappa shape index (κ1) is 20.2. The van der Waals surface area contributed by atoms with Gasteiger partial charge in [-0.25, -0.2) is 8.42 Å². The molecule has 0 saturated carbocycles. The van der Waals surface area contributed by atoms with Crippen LogP contribution < -0.4 is 5.32 Å². The average molecular weight is 416 g/mol. The van der Waals surface area contributed by atoms with Crippen molar-refractivity contribution in [1.82, 2.24) is 14.8 Å². The minimum Gasteiger partial charge on any atom is -0.347 e. The number of carbonyl (C=O) groups excluding carboxylic acids is 1. The van der Waals surface area contributed by atoms with Crippen LogP contribution >= 0.6 is 0 Å². The molecule has 1 aromatic heterocycles. The first-order valence-corrected chi connectivity index (χ1v) is 12.1. The lowest BCUT2D eigenvalue weighted by Crippen LogP contribution is -2.50. The maximum Gasteiger partial charge on any atom is 0.253 e. The molecule has 156 valence electrons. The van der Waals surface area contributed by atoms with Crippen molar-refractivity contribution < 1.29 is 13.2 Å². The SMILES string of the molecule is Cc1cc(C(=O)NC2CS(=O)(=O)CC2N2CCCC2)c(C)n1Cc1ccccc1. The van der Waals surface area contributed by atoms with Gasteiger partial charge in [0.15, 0.2) is 9.84 Å². The molecule has 6 nitrogen and oxygen atoms in total. The van der Waals surface area contributed by atoms with Crippen LogP contribution in [-0.4, -0.2) is 60.5 Å². The van der Waals surface area contributed by atoms with Crippen molar-refractivity contribution >= 4 is 15.7 Å². The first-order valence-electron chi connectivity index (χ1n) is 10.3. The van der Waals surface area contributed by atoms with Gasteiger partial charge in [0.2, 0.25) is 0 Å². The molecule has 0 bridgehead atoms. The van der Waals surface area contributed by atoms with E-state index >= 15 is 0 Å². The molecule has 2 saturated heterocycles. The number of nitrogens with zero attached hydrogens (tertiary/aromatic N) is 2. The van der Waals surface area contributed by atoms with E-state index in [1.807, 2.05) is 38.1 Å².